The van der Waals surface area contributed by atoms with Crippen LogP contribution in [0.4, 0.5) is 0 Å². The summed E-state index contributed by atoms with van der Waals surface area (Å²) in [7, 11) is 1.53. The third-order valence-electron chi connectivity index (χ3n) is 5.61. The molecule has 2 heterocycles. The summed E-state index contributed by atoms with van der Waals surface area (Å²) in [5.74, 6) is -0.0510. The number of aryl methyl sites for hydroxylation is 1. The predicted molar refractivity (Wildman–Crippen MR) is 102 cm³/mol. The van der Waals surface area contributed by atoms with Gasteiger partial charge in [0.1, 0.15) is 6.61 Å². The number of carbonyl (C=O) groups is 2. The zero-order chi connectivity index (χ0) is 19.2. The zero-order valence-electron chi connectivity index (χ0n) is 16.4. The Balaban J connectivity index is 1.75. The molecule has 0 aromatic heterocycles. The number of methoxy groups -OCH3 is 1. The zero-order valence-corrected chi connectivity index (χ0v) is 16.4. The van der Waals surface area contributed by atoms with E-state index in [-0.39, 0.29) is 30.4 Å². The summed E-state index contributed by atoms with van der Waals surface area (Å²) >= 11 is 0. The van der Waals surface area contributed by atoms with Crippen molar-refractivity contribution in [2.45, 2.75) is 32.2 Å². The molecule has 6 heteroatoms. The molecular formula is C21H30N2O4. The van der Waals surface area contributed by atoms with Crippen LogP contribution >= 0.6 is 0 Å². The van der Waals surface area contributed by atoms with Gasteiger partial charge in [-0.15, -0.1) is 0 Å². The lowest BCUT2D eigenvalue weighted by Crippen LogP contribution is -2.50. The average Bonchev–Trinajstić information content (AvgIpc) is 2.73. The Morgan fingerprint density at radius 3 is 2.48 bits per heavy atom. The number of rotatable bonds is 5. The van der Waals surface area contributed by atoms with E-state index in [9.17, 15) is 9.59 Å². The van der Waals surface area contributed by atoms with Gasteiger partial charge in [-0.1, -0.05) is 31.2 Å². The van der Waals surface area contributed by atoms with E-state index in [0.717, 1.165) is 24.8 Å². The van der Waals surface area contributed by atoms with E-state index < -0.39 is 0 Å². The lowest BCUT2D eigenvalue weighted by molar-refractivity contribution is -0.147. The average molecular weight is 374 g/mol. The van der Waals surface area contributed by atoms with Gasteiger partial charge in [-0.3, -0.25) is 9.59 Å². The maximum absolute atomic E-state index is 12.9. The number of hydrogen-bond donors (Lipinski definition) is 0. The van der Waals surface area contributed by atoms with Crippen molar-refractivity contribution >= 4 is 11.8 Å². The highest BCUT2D eigenvalue weighted by atomic mass is 16.5. The molecule has 2 aliphatic rings. The maximum Gasteiger partial charge on any atom is 0.249 e. The number of hydrogen-bond acceptors (Lipinski definition) is 4. The third kappa shape index (κ3) is 4.68. The van der Waals surface area contributed by atoms with E-state index in [1.165, 1.54) is 12.7 Å². The number of morpholine rings is 1. The molecule has 2 atom stereocenters. The Bertz CT molecular complexity index is 640. The molecule has 148 valence electrons. The third-order valence-corrected chi connectivity index (χ3v) is 5.61. The van der Waals surface area contributed by atoms with Crippen LogP contribution in [0.5, 0.6) is 0 Å². The second-order valence-electron chi connectivity index (χ2n) is 7.30. The second-order valence-corrected chi connectivity index (χ2v) is 7.30. The Morgan fingerprint density at radius 1 is 1.15 bits per heavy atom. The van der Waals surface area contributed by atoms with Gasteiger partial charge in [-0.05, 0) is 30.4 Å². The van der Waals surface area contributed by atoms with Crippen LogP contribution in [-0.4, -0.2) is 68.2 Å². The number of nitrogens with zero attached hydrogens (tertiary/aromatic N) is 2. The molecule has 0 aliphatic carbocycles. The van der Waals surface area contributed by atoms with Gasteiger partial charge in [0, 0.05) is 26.7 Å². The topological polar surface area (TPSA) is 59.1 Å². The van der Waals surface area contributed by atoms with Crippen molar-refractivity contribution in [2.24, 2.45) is 5.92 Å². The van der Waals surface area contributed by atoms with Gasteiger partial charge in [0.2, 0.25) is 11.8 Å². The number of benzene rings is 1. The lowest BCUT2D eigenvalue weighted by Gasteiger charge is -2.41. The monoisotopic (exact) mass is 374 g/mol. The molecule has 2 fully saturated rings. The number of carbonyl (C=O) groups excluding carboxylic acids is 2. The summed E-state index contributed by atoms with van der Waals surface area (Å²) in [4.78, 5) is 29.3. The van der Waals surface area contributed by atoms with Gasteiger partial charge in [0.25, 0.3) is 0 Å². The number of amides is 2. The Hall–Kier alpha value is -1.92. The summed E-state index contributed by atoms with van der Waals surface area (Å²) in [6, 6.07) is 8.48. The van der Waals surface area contributed by atoms with Crippen LogP contribution in [0, 0.1) is 5.92 Å². The SMILES string of the molecule is CCc1ccc(C2CCC(C(=O)N3CCOCC3)CN2C(=O)COC)cc1. The second kappa shape index (κ2) is 9.33. The van der Waals surface area contributed by atoms with Gasteiger partial charge < -0.3 is 19.3 Å². The van der Waals surface area contributed by atoms with Crippen LogP contribution < -0.4 is 0 Å². The highest BCUT2D eigenvalue weighted by Gasteiger charge is 2.37. The molecule has 0 saturated carbocycles. The molecule has 0 N–H and O–H groups in total. The van der Waals surface area contributed by atoms with Crippen LogP contribution in [0.3, 0.4) is 0 Å². The summed E-state index contributed by atoms with van der Waals surface area (Å²) in [6.45, 7) is 5.10. The van der Waals surface area contributed by atoms with Crippen LogP contribution in [0.15, 0.2) is 24.3 Å². The molecule has 0 radical (unpaired) electrons. The van der Waals surface area contributed by atoms with Crippen LogP contribution in [-0.2, 0) is 25.5 Å². The largest absolute Gasteiger partial charge is 0.378 e. The molecule has 2 saturated heterocycles. The van der Waals surface area contributed by atoms with Gasteiger partial charge in [-0.25, -0.2) is 0 Å². The van der Waals surface area contributed by atoms with Gasteiger partial charge in [0.15, 0.2) is 0 Å². The molecular weight excluding hydrogens is 344 g/mol. The van der Waals surface area contributed by atoms with E-state index in [1.54, 1.807) is 0 Å². The minimum absolute atomic E-state index is 0.00675. The quantitative estimate of drug-likeness (QED) is 0.791. The van der Waals surface area contributed by atoms with Crippen molar-refractivity contribution in [1.82, 2.24) is 9.80 Å². The van der Waals surface area contributed by atoms with E-state index in [1.807, 2.05) is 9.80 Å². The van der Waals surface area contributed by atoms with E-state index in [4.69, 9.17) is 9.47 Å². The fourth-order valence-corrected chi connectivity index (χ4v) is 4.02. The van der Waals surface area contributed by atoms with Crippen LogP contribution in [0.1, 0.15) is 36.9 Å². The molecule has 0 spiro atoms. The predicted octanol–water partition coefficient (Wildman–Crippen LogP) is 2.03. The standard InChI is InChI=1S/C21H30N2O4/c1-3-16-4-6-17(7-5-16)19-9-8-18(14-23(19)20(24)15-26-2)21(25)22-10-12-27-13-11-22/h4-7,18-19H,3,8-15H2,1-2H3. The Labute approximate surface area is 161 Å². The van der Waals surface area contributed by atoms with Crippen molar-refractivity contribution in [2.75, 3.05) is 46.6 Å². The van der Waals surface area contributed by atoms with Crippen molar-refractivity contribution < 1.29 is 19.1 Å². The summed E-state index contributed by atoms with van der Waals surface area (Å²) < 4.78 is 10.4. The Morgan fingerprint density at radius 2 is 1.85 bits per heavy atom. The molecule has 2 amide bonds. The molecule has 6 nitrogen and oxygen atoms in total. The first-order valence-electron chi connectivity index (χ1n) is 9.87. The summed E-state index contributed by atoms with van der Waals surface area (Å²) in [5.41, 5.74) is 2.42. The number of likely N-dealkylation sites (tertiary alicyclic amines) is 1. The summed E-state index contributed by atoms with van der Waals surface area (Å²) in [5, 5.41) is 0. The maximum atomic E-state index is 12.9. The van der Waals surface area contributed by atoms with Crippen molar-refractivity contribution in [3.63, 3.8) is 0 Å². The molecule has 1 aromatic rings. The number of ether oxygens (including phenoxy) is 2. The Kier molecular flexibility index (Phi) is 6.85. The molecule has 3 rings (SSSR count). The first-order chi connectivity index (χ1) is 13.1. The molecule has 0 bridgehead atoms. The molecule has 27 heavy (non-hydrogen) atoms. The van der Waals surface area contributed by atoms with Crippen LogP contribution in [0.25, 0.3) is 0 Å². The van der Waals surface area contributed by atoms with Crippen LogP contribution in [0.2, 0.25) is 0 Å². The lowest BCUT2D eigenvalue weighted by atomic mass is 9.87. The fraction of sp³-hybridized carbons (Fsp3) is 0.619. The first-order valence-corrected chi connectivity index (χ1v) is 9.87. The minimum Gasteiger partial charge on any atom is -0.378 e. The fourth-order valence-electron chi connectivity index (χ4n) is 4.02. The summed E-state index contributed by atoms with van der Waals surface area (Å²) in [6.07, 6.45) is 2.59. The van der Waals surface area contributed by atoms with E-state index >= 15 is 0 Å². The smallest absolute Gasteiger partial charge is 0.249 e. The van der Waals surface area contributed by atoms with E-state index in [0.29, 0.717) is 32.8 Å². The first kappa shape index (κ1) is 19.8. The molecule has 2 unspecified atom stereocenters. The normalized spacial score (nSPS) is 23.3. The minimum atomic E-state index is -0.143. The van der Waals surface area contributed by atoms with Crippen molar-refractivity contribution in [3.8, 4) is 0 Å². The molecule has 2 aliphatic heterocycles. The van der Waals surface area contributed by atoms with Gasteiger partial charge >= 0.3 is 0 Å². The van der Waals surface area contributed by atoms with Gasteiger partial charge in [-0.2, -0.15) is 0 Å². The number of piperidine rings is 1. The highest BCUT2D eigenvalue weighted by molar-refractivity contribution is 5.82. The van der Waals surface area contributed by atoms with E-state index in [2.05, 4.69) is 31.2 Å². The van der Waals surface area contributed by atoms with Crippen molar-refractivity contribution in [3.05, 3.63) is 35.4 Å². The highest BCUT2D eigenvalue weighted by Crippen LogP contribution is 2.34. The van der Waals surface area contributed by atoms with Gasteiger partial charge in [0.05, 0.1) is 25.2 Å². The molecule has 1 aromatic carbocycles. The van der Waals surface area contributed by atoms with Crippen molar-refractivity contribution in [1.29, 1.82) is 0 Å².